The summed E-state index contributed by atoms with van der Waals surface area (Å²) in [5.41, 5.74) is 0.769. The number of hydrogen-bond acceptors (Lipinski definition) is 4. The van der Waals surface area contributed by atoms with Crippen molar-refractivity contribution >= 4 is 17.8 Å². The van der Waals surface area contributed by atoms with Crippen molar-refractivity contribution in [3.63, 3.8) is 0 Å². The third-order valence-corrected chi connectivity index (χ3v) is 2.52. The largest absolute Gasteiger partial charge is 0.480 e. The molecule has 1 rings (SSSR count). The van der Waals surface area contributed by atoms with Crippen LogP contribution in [0.3, 0.4) is 0 Å². The van der Waals surface area contributed by atoms with Crippen LogP contribution in [-0.2, 0) is 25.5 Å². The molecule has 0 fully saturated rings. The first-order chi connectivity index (χ1) is 9.52. The Morgan fingerprint density at radius 1 is 1.25 bits per heavy atom. The van der Waals surface area contributed by atoms with Gasteiger partial charge >= 0.3 is 11.9 Å². The van der Waals surface area contributed by atoms with Crippen LogP contribution in [-0.4, -0.2) is 35.6 Å². The SMILES string of the molecule is CCOC(=O)C[C@H](NC(=O)Cc1ccccc1)C(=O)O. The maximum absolute atomic E-state index is 11.7. The van der Waals surface area contributed by atoms with Gasteiger partial charge in [-0.2, -0.15) is 0 Å². The number of carbonyl (C=O) groups excluding carboxylic acids is 2. The lowest BCUT2D eigenvalue weighted by Gasteiger charge is -2.13. The van der Waals surface area contributed by atoms with Gasteiger partial charge in [-0.15, -0.1) is 0 Å². The first kappa shape index (κ1) is 15.7. The highest BCUT2D eigenvalue weighted by Crippen LogP contribution is 2.01. The highest BCUT2D eigenvalue weighted by molar-refractivity contribution is 5.87. The van der Waals surface area contributed by atoms with Gasteiger partial charge in [0.2, 0.25) is 5.91 Å². The molecule has 20 heavy (non-hydrogen) atoms. The highest BCUT2D eigenvalue weighted by atomic mass is 16.5. The fraction of sp³-hybridized carbons (Fsp3) is 0.357. The van der Waals surface area contributed by atoms with Gasteiger partial charge in [-0.05, 0) is 12.5 Å². The monoisotopic (exact) mass is 279 g/mol. The quantitative estimate of drug-likeness (QED) is 0.718. The number of carboxylic acids is 1. The Balaban J connectivity index is 2.55. The fourth-order valence-corrected chi connectivity index (χ4v) is 1.61. The van der Waals surface area contributed by atoms with E-state index in [4.69, 9.17) is 5.11 Å². The van der Waals surface area contributed by atoms with Crippen molar-refractivity contribution < 1.29 is 24.2 Å². The van der Waals surface area contributed by atoms with Gasteiger partial charge in [-0.1, -0.05) is 30.3 Å². The molecule has 2 N–H and O–H groups in total. The molecule has 1 atom stereocenters. The molecule has 6 heteroatoms. The van der Waals surface area contributed by atoms with Crippen LogP contribution < -0.4 is 5.32 Å². The summed E-state index contributed by atoms with van der Waals surface area (Å²) in [7, 11) is 0. The standard InChI is InChI=1S/C14H17NO5/c1-2-20-13(17)9-11(14(18)19)15-12(16)8-10-6-4-3-5-7-10/h3-7,11H,2,8-9H2,1H3,(H,15,16)(H,18,19)/t11-/m0/s1. The van der Waals surface area contributed by atoms with Crippen LogP contribution in [0, 0.1) is 0 Å². The molecule has 1 aromatic carbocycles. The van der Waals surface area contributed by atoms with Crippen LogP contribution in [0.1, 0.15) is 18.9 Å². The number of nitrogens with one attached hydrogen (secondary N) is 1. The Labute approximate surface area is 116 Å². The van der Waals surface area contributed by atoms with Crippen molar-refractivity contribution in [2.45, 2.75) is 25.8 Å². The summed E-state index contributed by atoms with van der Waals surface area (Å²) >= 11 is 0. The van der Waals surface area contributed by atoms with Gasteiger partial charge in [-0.3, -0.25) is 9.59 Å². The van der Waals surface area contributed by atoms with Crippen LogP contribution in [0.2, 0.25) is 0 Å². The first-order valence-corrected chi connectivity index (χ1v) is 6.24. The molecular formula is C14H17NO5. The Kier molecular flexibility index (Phi) is 6.22. The lowest BCUT2D eigenvalue weighted by atomic mass is 10.1. The Morgan fingerprint density at radius 2 is 1.90 bits per heavy atom. The predicted molar refractivity (Wildman–Crippen MR) is 71.0 cm³/mol. The topological polar surface area (TPSA) is 92.7 Å². The number of esters is 1. The van der Waals surface area contributed by atoms with E-state index in [1.165, 1.54) is 0 Å². The van der Waals surface area contributed by atoms with Crippen LogP contribution in [0.25, 0.3) is 0 Å². The second kappa shape index (κ2) is 7.93. The van der Waals surface area contributed by atoms with E-state index in [1.54, 1.807) is 31.2 Å². The zero-order valence-corrected chi connectivity index (χ0v) is 11.2. The summed E-state index contributed by atoms with van der Waals surface area (Å²) in [6, 6.07) is 7.65. The fourth-order valence-electron chi connectivity index (χ4n) is 1.61. The van der Waals surface area contributed by atoms with Crippen molar-refractivity contribution in [2.75, 3.05) is 6.61 Å². The molecule has 0 aliphatic heterocycles. The number of benzene rings is 1. The van der Waals surface area contributed by atoms with Gasteiger partial charge in [0.25, 0.3) is 0 Å². The minimum absolute atomic E-state index is 0.0629. The summed E-state index contributed by atoms with van der Waals surface area (Å²) in [4.78, 5) is 34.0. The van der Waals surface area contributed by atoms with E-state index >= 15 is 0 Å². The molecule has 0 radical (unpaired) electrons. The van der Waals surface area contributed by atoms with Gasteiger partial charge in [0.15, 0.2) is 0 Å². The second-order valence-corrected chi connectivity index (χ2v) is 4.13. The molecule has 0 heterocycles. The van der Waals surface area contributed by atoms with E-state index < -0.39 is 23.9 Å². The molecule has 0 saturated heterocycles. The smallest absolute Gasteiger partial charge is 0.326 e. The van der Waals surface area contributed by atoms with E-state index in [9.17, 15) is 14.4 Å². The zero-order valence-electron chi connectivity index (χ0n) is 11.2. The third kappa shape index (κ3) is 5.51. The molecule has 0 aromatic heterocycles. The van der Waals surface area contributed by atoms with Crippen molar-refractivity contribution in [1.29, 1.82) is 0 Å². The molecule has 1 amide bonds. The Bertz CT molecular complexity index is 472. The molecule has 0 aliphatic carbocycles. The zero-order chi connectivity index (χ0) is 15.0. The van der Waals surface area contributed by atoms with E-state index in [0.717, 1.165) is 5.56 Å². The molecule has 108 valence electrons. The minimum atomic E-state index is -1.27. The predicted octanol–water partition coefficient (Wildman–Crippen LogP) is 0.752. The molecule has 0 spiro atoms. The number of hydrogen-bond donors (Lipinski definition) is 2. The van der Waals surface area contributed by atoms with E-state index in [1.807, 2.05) is 6.07 Å². The number of rotatable bonds is 7. The maximum Gasteiger partial charge on any atom is 0.326 e. The van der Waals surface area contributed by atoms with Crippen molar-refractivity contribution in [3.05, 3.63) is 35.9 Å². The number of ether oxygens (including phenoxy) is 1. The van der Waals surface area contributed by atoms with Crippen molar-refractivity contribution in [3.8, 4) is 0 Å². The van der Waals surface area contributed by atoms with Crippen LogP contribution in [0.15, 0.2) is 30.3 Å². The van der Waals surface area contributed by atoms with Crippen LogP contribution in [0.5, 0.6) is 0 Å². The Hall–Kier alpha value is -2.37. The summed E-state index contributed by atoms with van der Waals surface area (Å²) in [6.45, 7) is 1.80. The first-order valence-electron chi connectivity index (χ1n) is 6.24. The second-order valence-electron chi connectivity index (χ2n) is 4.13. The van der Waals surface area contributed by atoms with Crippen molar-refractivity contribution in [1.82, 2.24) is 5.32 Å². The van der Waals surface area contributed by atoms with E-state index in [0.29, 0.717) is 0 Å². The molecular weight excluding hydrogens is 262 g/mol. The van der Waals surface area contributed by atoms with Gasteiger partial charge in [-0.25, -0.2) is 4.79 Å². The van der Waals surface area contributed by atoms with Gasteiger partial charge < -0.3 is 15.2 Å². The molecule has 0 saturated carbocycles. The van der Waals surface area contributed by atoms with E-state index in [2.05, 4.69) is 10.1 Å². The third-order valence-electron chi connectivity index (χ3n) is 2.52. The number of aliphatic carboxylic acids is 1. The van der Waals surface area contributed by atoms with Crippen LogP contribution >= 0.6 is 0 Å². The normalized spacial score (nSPS) is 11.4. The molecule has 0 aliphatic rings. The summed E-state index contributed by atoms with van der Waals surface area (Å²) in [6.07, 6.45) is -0.322. The lowest BCUT2D eigenvalue weighted by molar-refractivity contribution is -0.150. The minimum Gasteiger partial charge on any atom is -0.480 e. The number of carbonyl (C=O) groups is 3. The van der Waals surface area contributed by atoms with Crippen LogP contribution in [0.4, 0.5) is 0 Å². The molecule has 1 aromatic rings. The summed E-state index contributed by atoms with van der Waals surface area (Å²) in [5, 5.41) is 11.3. The van der Waals surface area contributed by atoms with Crippen molar-refractivity contribution in [2.24, 2.45) is 0 Å². The summed E-state index contributed by atoms with van der Waals surface area (Å²) < 4.78 is 4.67. The van der Waals surface area contributed by atoms with Gasteiger partial charge in [0, 0.05) is 0 Å². The highest BCUT2D eigenvalue weighted by Gasteiger charge is 2.23. The summed E-state index contributed by atoms with van der Waals surface area (Å²) in [5.74, 6) is -2.37. The average Bonchev–Trinajstić information content (AvgIpc) is 2.39. The van der Waals surface area contributed by atoms with Gasteiger partial charge in [0.05, 0.1) is 19.4 Å². The number of amides is 1. The molecule has 0 bridgehead atoms. The average molecular weight is 279 g/mol. The molecule has 6 nitrogen and oxygen atoms in total. The molecule has 0 unspecified atom stereocenters. The number of carboxylic acid groups (broad SMARTS) is 1. The maximum atomic E-state index is 11.7. The van der Waals surface area contributed by atoms with E-state index in [-0.39, 0.29) is 19.4 Å². The Morgan fingerprint density at radius 3 is 2.45 bits per heavy atom. The van der Waals surface area contributed by atoms with Gasteiger partial charge in [0.1, 0.15) is 6.04 Å². The lowest BCUT2D eigenvalue weighted by Crippen LogP contribution is -2.43.